The van der Waals surface area contributed by atoms with E-state index in [1.807, 2.05) is 6.07 Å². The summed E-state index contributed by atoms with van der Waals surface area (Å²) in [7, 11) is 2.10. The predicted octanol–water partition coefficient (Wildman–Crippen LogP) is 4.46. The molecule has 8 heteroatoms. The second kappa shape index (κ2) is 7.09. The van der Waals surface area contributed by atoms with E-state index in [-0.39, 0.29) is 0 Å². The Hall–Kier alpha value is -2.61. The van der Waals surface area contributed by atoms with Crippen molar-refractivity contribution in [1.82, 2.24) is 20.1 Å². The van der Waals surface area contributed by atoms with Gasteiger partial charge in [-0.25, -0.2) is 0 Å². The molecule has 0 unspecified atom stereocenters. The molecule has 3 heterocycles. The molecule has 1 aliphatic heterocycles. The molecule has 148 valence electrons. The fourth-order valence-corrected chi connectivity index (χ4v) is 3.84. The molecule has 2 N–H and O–H groups in total. The van der Waals surface area contributed by atoms with Crippen LogP contribution in [0.15, 0.2) is 30.5 Å². The second-order valence-corrected chi connectivity index (χ2v) is 7.44. The number of likely N-dealkylation sites (N-methyl/N-ethyl adjacent to an activating group) is 1. The number of hydrogen-bond acceptors (Lipinski definition) is 4. The molecule has 0 amide bonds. The maximum Gasteiger partial charge on any atom is 0.416 e. The van der Waals surface area contributed by atoms with E-state index in [0.717, 1.165) is 49.0 Å². The highest BCUT2D eigenvalue weighted by atomic mass is 19.4. The van der Waals surface area contributed by atoms with Crippen molar-refractivity contribution in [1.29, 1.82) is 0 Å². The summed E-state index contributed by atoms with van der Waals surface area (Å²) in [6.45, 7) is 3.69. The molecular weight excluding hydrogens is 367 g/mol. The number of aromatic nitrogens is 3. The van der Waals surface area contributed by atoms with Gasteiger partial charge < -0.3 is 15.2 Å². The number of benzene rings is 1. The Balaban J connectivity index is 1.70. The van der Waals surface area contributed by atoms with Gasteiger partial charge in [-0.2, -0.15) is 13.2 Å². The number of likely N-dealkylation sites (tertiary alicyclic amines) is 1. The highest BCUT2D eigenvalue weighted by Crippen LogP contribution is 2.35. The SMILES string of the molecule is Cc1cc(C(F)(F)F)ccc1-c1nnc(N[C@@H]2CCCN(C)C2)c2cc[nH]c12. The Labute approximate surface area is 161 Å². The van der Waals surface area contributed by atoms with E-state index in [1.54, 1.807) is 13.1 Å². The number of anilines is 1. The molecular formula is C20H22F3N5. The topological polar surface area (TPSA) is 56.8 Å². The number of aryl methyl sites for hydroxylation is 1. The van der Waals surface area contributed by atoms with E-state index in [1.165, 1.54) is 6.07 Å². The maximum absolute atomic E-state index is 13.0. The van der Waals surface area contributed by atoms with Crippen LogP contribution in [0, 0.1) is 6.92 Å². The standard InChI is InChI=1S/C20H22F3N5/c1-12-10-13(20(21,22)23)5-6-15(12)18-17-16(7-8-24-17)19(27-26-18)25-14-4-3-9-28(2)11-14/h5-8,10,14,24H,3-4,9,11H2,1-2H3,(H,25,27)/t14-/m1/s1. The van der Waals surface area contributed by atoms with Crippen LogP contribution < -0.4 is 5.32 Å². The number of piperidine rings is 1. The van der Waals surface area contributed by atoms with E-state index in [4.69, 9.17) is 0 Å². The first-order valence-corrected chi connectivity index (χ1v) is 9.30. The molecule has 1 aliphatic rings. The van der Waals surface area contributed by atoms with E-state index >= 15 is 0 Å². The van der Waals surface area contributed by atoms with Crippen molar-refractivity contribution in [3.63, 3.8) is 0 Å². The van der Waals surface area contributed by atoms with Crippen LogP contribution in [0.4, 0.5) is 19.0 Å². The zero-order valence-electron chi connectivity index (χ0n) is 15.8. The molecule has 1 atom stereocenters. The molecule has 3 aromatic rings. The summed E-state index contributed by atoms with van der Waals surface area (Å²) >= 11 is 0. The Morgan fingerprint density at radius 2 is 2.04 bits per heavy atom. The van der Waals surface area contributed by atoms with Crippen molar-refractivity contribution in [3.05, 3.63) is 41.6 Å². The van der Waals surface area contributed by atoms with Gasteiger partial charge in [0, 0.05) is 29.7 Å². The molecule has 1 saturated heterocycles. The maximum atomic E-state index is 13.0. The lowest BCUT2D eigenvalue weighted by Crippen LogP contribution is -2.40. The predicted molar refractivity (Wildman–Crippen MR) is 103 cm³/mol. The van der Waals surface area contributed by atoms with Crippen molar-refractivity contribution < 1.29 is 13.2 Å². The van der Waals surface area contributed by atoms with Crippen molar-refractivity contribution in [2.45, 2.75) is 32.0 Å². The summed E-state index contributed by atoms with van der Waals surface area (Å²) in [6, 6.07) is 5.91. The highest BCUT2D eigenvalue weighted by Gasteiger charge is 2.31. The van der Waals surface area contributed by atoms with Gasteiger partial charge in [0.05, 0.1) is 11.1 Å². The number of alkyl halides is 3. The minimum atomic E-state index is -4.36. The zero-order chi connectivity index (χ0) is 19.9. The third kappa shape index (κ3) is 3.56. The molecule has 0 radical (unpaired) electrons. The molecule has 28 heavy (non-hydrogen) atoms. The summed E-state index contributed by atoms with van der Waals surface area (Å²) in [6.07, 6.45) is -0.370. The fourth-order valence-electron chi connectivity index (χ4n) is 3.84. The third-order valence-corrected chi connectivity index (χ3v) is 5.26. The minimum Gasteiger partial charge on any atom is -0.364 e. The number of H-pyrrole nitrogens is 1. The molecule has 5 nitrogen and oxygen atoms in total. The van der Waals surface area contributed by atoms with Crippen LogP contribution in [-0.4, -0.2) is 46.3 Å². The van der Waals surface area contributed by atoms with Gasteiger partial charge >= 0.3 is 6.18 Å². The first-order chi connectivity index (χ1) is 13.3. The second-order valence-electron chi connectivity index (χ2n) is 7.44. The van der Waals surface area contributed by atoms with Gasteiger partial charge in [-0.3, -0.25) is 0 Å². The Morgan fingerprint density at radius 3 is 2.75 bits per heavy atom. The van der Waals surface area contributed by atoms with Crippen molar-refractivity contribution in [3.8, 4) is 11.3 Å². The number of fused-ring (bicyclic) bond motifs is 1. The summed E-state index contributed by atoms with van der Waals surface area (Å²) in [5.41, 5.74) is 1.80. The van der Waals surface area contributed by atoms with Crippen LogP contribution in [0.25, 0.3) is 22.2 Å². The number of nitrogens with one attached hydrogen (secondary N) is 2. The lowest BCUT2D eigenvalue weighted by atomic mass is 10.0. The van der Waals surface area contributed by atoms with Crippen molar-refractivity contribution in [2.24, 2.45) is 0 Å². The number of halogens is 3. The molecule has 0 aliphatic carbocycles. The number of rotatable bonds is 3. The van der Waals surface area contributed by atoms with E-state index < -0.39 is 11.7 Å². The van der Waals surface area contributed by atoms with Gasteiger partial charge in [0.25, 0.3) is 0 Å². The monoisotopic (exact) mass is 389 g/mol. The van der Waals surface area contributed by atoms with Gasteiger partial charge in [0.15, 0.2) is 5.82 Å². The highest BCUT2D eigenvalue weighted by molar-refractivity contribution is 5.98. The molecule has 0 spiro atoms. The molecule has 1 aromatic carbocycles. The molecule has 0 saturated carbocycles. The van der Waals surface area contributed by atoms with Crippen LogP contribution in [0.5, 0.6) is 0 Å². The average Bonchev–Trinajstić information content (AvgIpc) is 3.12. The molecule has 4 rings (SSSR count). The van der Waals surface area contributed by atoms with Gasteiger partial charge in [0.2, 0.25) is 0 Å². The Morgan fingerprint density at radius 1 is 1.21 bits per heavy atom. The van der Waals surface area contributed by atoms with Gasteiger partial charge in [0.1, 0.15) is 5.69 Å². The van der Waals surface area contributed by atoms with Crippen LogP contribution in [-0.2, 0) is 6.18 Å². The smallest absolute Gasteiger partial charge is 0.364 e. The number of nitrogens with zero attached hydrogens (tertiary/aromatic N) is 3. The lowest BCUT2D eigenvalue weighted by molar-refractivity contribution is -0.137. The van der Waals surface area contributed by atoms with Crippen LogP contribution in [0.3, 0.4) is 0 Å². The number of hydrogen-bond donors (Lipinski definition) is 2. The Bertz CT molecular complexity index is 995. The zero-order valence-corrected chi connectivity index (χ0v) is 15.8. The van der Waals surface area contributed by atoms with Gasteiger partial charge in [-0.1, -0.05) is 6.07 Å². The summed E-state index contributed by atoms with van der Waals surface area (Å²) < 4.78 is 38.9. The van der Waals surface area contributed by atoms with Crippen molar-refractivity contribution in [2.75, 3.05) is 25.5 Å². The van der Waals surface area contributed by atoms with Crippen LogP contribution in [0.1, 0.15) is 24.0 Å². The van der Waals surface area contributed by atoms with Crippen LogP contribution in [0.2, 0.25) is 0 Å². The average molecular weight is 389 g/mol. The van der Waals surface area contributed by atoms with Crippen molar-refractivity contribution >= 4 is 16.7 Å². The quantitative estimate of drug-likeness (QED) is 0.695. The summed E-state index contributed by atoms with van der Waals surface area (Å²) in [4.78, 5) is 5.45. The van der Waals surface area contributed by atoms with Gasteiger partial charge in [-0.15, -0.1) is 10.2 Å². The largest absolute Gasteiger partial charge is 0.416 e. The van der Waals surface area contributed by atoms with Gasteiger partial charge in [-0.05, 0) is 57.1 Å². The lowest BCUT2D eigenvalue weighted by Gasteiger charge is -2.30. The molecule has 0 bridgehead atoms. The third-order valence-electron chi connectivity index (χ3n) is 5.26. The van der Waals surface area contributed by atoms with E-state index in [2.05, 4.69) is 32.4 Å². The summed E-state index contributed by atoms with van der Waals surface area (Å²) in [5, 5.41) is 13.1. The first-order valence-electron chi connectivity index (χ1n) is 9.30. The van der Waals surface area contributed by atoms with E-state index in [0.29, 0.717) is 28.7 Å². The normalized spacial score (nSPS) is 18.5. The van der Waals surface area contributed by atoms with E-state index in [9.17, 15) is 13.2 Å². The first kappa shape index (κ1) is 18.7. The van der Waals surface area contributed by atoms with Crippen LogP contribution >= 0.6 is 0 Å². The Kier molecular flexibility index (Phi) is 4.74. The minimum absolute atomic E-state index is 0.296. The fraction of sp³-hybridized carbons (Fsp3) is 0.400. The number of aromatic amines is 1. The molecule has 1 fully saturated rings. The summed E-state index contributed by atoms with van der Waals surface area (Å²) in [5.74, 6) is 0.699. The molecule has 2 aromatic heterocycles.